The molecule has 4 N–H and O–H groups in total. The normalized spacial score (nSPS) is 28.0. The molecule has 3 aliphatic carbocycles. The number of nitrogens with zero attached hydrogens (tertiary/aromatic N) is 4. The van der Waals surface area contributed by atoms with Crippen LogP contribution in [0.4, 0.5) is 9.59 Å². The van der Waals surface area contributed by atoms with E-state index < -0.39 is 24.3 Å². The molecule has 408 valence electrons. The van der Waals surface area contributed by atoms with Crippen molar-refractivity contribution < 1.29 is 28.7 Å². The van der Waals surface area contributed by atoms with Crippen LogP contribution < -0.4 is 10.6 Å². The number of amides is 4. The van der Waals surface area contributed by atoms with Crippen molar-refractivity contribution in [1.29, 1.82) is 0 Å². The Bertz CT molecular complexity index is 2890. The standard InChI is InChI=1S/C60H80N8O6S2/c1-9-38-19-21-39(37(4)40-22-24-47-51(31-40)63-55(61-47)53-44-14-10-12-42(44)33-67(53)57(69)49(26-28-75-7)65-59(71)73-5)20-17-35(2)16-18-36(3)46(30-38)41-23-25-48-52(32-41)64-56(62-48)54-45-15-11-13-43(45)34-68(54)58(70)50(27-29-76-8)66-60(72)74-6/h9,17,20,22-25,30-32,35-36,42-45,49-50,53-54H,10-16,18-19,21,26-29,33-34H2,1-8H3,(H,61,63)(H,62,64)(H,65,71)(H,66,72)/b20-17-,38-9-,39-37-,46-30+/t35-,36-,42?,43?,44?,45?,49+,50+,53+,54+/m1/s1. The Morgan fingerprint density at radius 3 is 1.84 bits per heavy atom. The molecule has 2 aromatic carbocycles. The highest BCUT2D eigenvalue weighted by Gasteiger charge is 2.51. The van der Waals surface area contributed by atoms with E-state index in [0.717, 1.165) is 115 Å². The lowest BCUT2D eigenvalue weighted by atomic mass is 9.85. The van der Waals surface area contributed by atoms with Crippen LogP contribution in [0.2, 0.25) is 0 Å². The van der Waals surface area contributed by atoms with Crippen molar-refractivity contribution in [2.24, 2.45) is 35.5 Å². The van der Waals surface area contributed by atoms with E-state index >= 15 is 0 Å². The average Bonchev–Trinajstić information content (AvgIpc) is 4.31. The third kappa shape index (κ3) is 12.0. The number of thioether (sulfide) groups is 2. The Morgan fingerprint density at radius 1 is 0.750 bits per heavy atom. The van der Waals surface area contributed by atoms with Gasteiger partial charge in [0.05, 0.1) is 48.4 Å². The summed E-state index contributed by atoms with van der Waals surface area (Å²) in [6, 6.07) is 11.4. The van der Waals surface area contributed by atoms with Crippen LogP contribution in [0.5, 0.6) is 0 Å². The second-order valence-corrected chi connectivity index (χ2v) is 24.1. The molecule has 2 saturated carbocycles. The zero-order chi connectivity index (χ0) is 53.6. The van der Waals surface area contributed by atoms with E-state index in [4.69, 9.17) is 19.4 Å². The maximum atomic E-state index is 14.4. The molecule has 4 fully saturated rings. The average molecular weight is 1070 g/mol. The number of methoxy groups -OCH3 is 2. The number of rotatable bonds is 14. The third-order valence-electron chi connectivity index (χ3n) is 17.5. The summed E-state index contributed by atoms with van der Waals surface area (Å²) in [6.07, 6.45) is 23.7. The van der Waals surface area contributed by atoms with Gasteiger partial charge in [0.25, 0.3) is 0 Å². The van der Waals surface area contributed by atoms with E-state index in [1.165, 1.54) is 42.1 Å². The topological polar surface area (TPSA) is 175 Å². The minimum Gasteiger partial charge on any atom is -0.453 e. The highest BCUT2D eigenvalue weighted by Crippen LogP contribution is 2.51. The van der Waals surface area contributed by atoms with Gasteiger partial charge < -0.3 is 39.9 Å². The molecule has 5 aliphatic rings. The van der Waals surface area contributed by atoms with Crippen LogP contribution in [0.15, 0.2) is 71.8 Å². The van der Waals surface area contributed by atoms with Gasteiger partial charge in [0, 0.05) is 13.1 Å². The summed E-state index contributed by atoms with van der Waals surface area (Å²) in [6.45, 7) is 10.4. The number of carbonyl (C=O) groups is 4. The number of nitrogens with one attached hydrogen (secondary N) is 4. The first kappa shape index (κ1) is 55.3. The van der Waals surface area contributed by atoms with E-state index in [-0.39, 0.29) is 23.9 Å². The fraction of sp³-hybridized carbons (Fsp3) is 0.567. The number of likely N-dealkylation sites (tertiary alicyclic amines) is 2. The number of benzene rings is 2. The number of fused-ring (bicyclic) bond motifs is 4. The highest BCUT2D eigenvalue weighted by atomic mass is 32.2. The number of aromatic nitrogens is 4. The molecule has 16 heteroatoms. The molecule has 10 atom stereocenters. The Balaban J connectivity index is 0.968. The first-order valence-electron chi connectivity index (χ1n) is 27.8. The second-order valence-electron chi connectivity index (χ2n) is 22.2. The molecule has 4 unspecified atom stereocenters. The molecule has 0 spiro atoms. The van der Waals surface area contributed by atoms with Crippen LogP contribution in [-0.2, 0) is 19.1 Å². The van der Waals surface area contributed by atoms with Crippen molar-refractivity contribution in [2.45, 2.75) is 129 Å². The number of H-pyrrole nitrogens is 2. The van der Waals surface area contributed by atoms with Gasteiger partial charge in [-0.15, -0.1) is 0 Å². The van der Waals surface area contributed by atoms with Crippen LogP contribution >= 0.6 is 23.5 Å². The summed E-state index contributed by atoms with van der Waals surface area (Å²) in [5.41, 5.74) is 11.1. The van der Waals surface area contributed by atoms with E-state index in [1.807, 2.05) is 22.3 Å². The predicted octanol–water partition coefficient (Wildman–Crippen LogP) is 12.2. The smallest absolute Gasteiger partial charge is 0.407 e. The summed E-state index contributed by atoms with van der Waals surface area (Å²) < 4.78 is 9.87. The lowest BCUT2D eigenvalue weighted by molar-refractivity contribution is -0.135. The second kappa shape index (κ2) is 24.9. The zero-order valence-corrected chi connectivity index (χ0v) is 47.5. The van der Waals surface area contributed by atoms with Crippen LogP contribution in [-0.4, -0.2) is 117 Å². The molecule has 4 aromatic rings. The number of ether oxygens (including phenoxy) is 2. The Kier molecular flexibility index (Phi) is 18.1. The van der Waals surface area contributed by atoms with Gasteiger partial charge in [-0.05, 0) is 190 Å². The lowest BCUT2D eigenvalue weighted by Gasteiger charge is -2.30. The molecule has 2 aromatic heterocycles. The van der Waals surface area contributed by atoms with Crippen molar-refractivity contribution in [3.8, 4) is 0 Å². The predicted molar refractivity (Wildman–Crippen MR) is 308 cm³/mol. The third-order valence-corrected chi connectivity index (χ3v) is 18.8. The van der Waals surface area contributed by atoms with Gasteiger partial charge in [0.15, 0.2) is 0 Å². The monoisotopic (exact) mass is 1070 g/mol. The van der Waals surface area contributed by atoms with Gasteiger partial charge in [0.1, 0.15) is 23.7 Å². The molecule has 0 bridgehead atoms. The van der Waals surface area contributed by atoms with E-state index in [2.05, 4.69) is 109 Å². The molecule has 0 radical (unpaired) electrons. The molecule has 4 heterocycles. The zero-order valence-electron chi connectivity index (χ0n) is 45.9. The summed E-state index contributed by atoms with van der Waals surface area (Å²) in [5, 5.41) is 5.67. The number of carbonyl (C=O) groups excluding carboxylic acids is 4. The van der Waals surface area contributed by atoms with Crippen LogP contribution in [0.3, 0.4) is 0 Å². The highest BCUT2D eigenvalue weighted by molar-refractivity contribution is 7.98. The van der Waals surface area contributed by atoms with Crippen molar-refractivity contribution >= 4 is 80.7 Å². The van der Waals surface area contributed by atoms with Crippen molar-refractivity contribution in [1.82, 2.24) is 40.4 Å². The number of allylic oxidation sites excluding steroid dienone is 8. The summed E-state index contributed by atoms with van der Waals surface area (Å²) in [4.78, 5) is 75.3. The van der Waals surface area contributed by atoms with Gasteiger partial charge >= 0.3 is 12.2 Å². The molecule has 14 nitrogen and oxygen atoms in total. The van der Waals surface area contributed by atoms with E-state index in [0.29, 0.717) is 61.4 Å². The molecule has 9 rings (SSSR count). The van der Waals surface area contributed by atoms with E-state index in [1.54, 1.807) is 23.5 Å². The van der Waals surface area contributed by atoms with Crippen molar-refractivity contribution in [3.05, 3.63) is 94.6 Å². The summed E-state index contributed by atoms with van der Waals surface area (Å²) in [7, 11) is 2.67. The number of hydrogen-bond donors (Lipinski definition) is 4. The Labute approximate surface area is 457 Å². The van der Waals surface area contributed by atoms with Gasteiger partial charge in [-0.2, -0.15) is 23.5 Å². The quantitative estimate of drug-likeness (QED) is 0.0951. The number of imidazole rings is 2. The fourth-order valence-electron chi connectivity index (χ4n) is 13.2. The first-order chi connectivity index (χ1) is 36.8. The van der Waals surface area contributed by atoms with Gasteiger partial charge in [-0.25, -0.2) is 19.6 Å². The molecular formula is C60H80N8O6S2. The van der Waals surface area contributed by atoms with Gasteiger partial charge in [-0.3, -0.25) is 9.59 Å². The number of aromatic amines is 2. The Hall–Kier alpha value is -5.48. The molecule has 76 heavy (non-hydrogen) atoms. The first-order valence-corrected chi connectivity index (χ1v) is 30.6. The summed E-state index contributed by atoms with van der Waals surface area (Å²) in [5.74, 6) is 5.12. The van der Waals surface area contributed by atoms with Crippen molar-refractivity contribution in [3.63, 3.8) is 0 Å². The van der Waals surface area contributed by atoms with Crippen LogP contribution in [0.25, 0.3) is 33.2 Å². The Morgan fingerprint density at radius 2 is 1.30 bits per heavy atom. The van der Waals surface area contributed by atoms with Gasteiger partial charge in [0.2, 0.25) is 11.8 Å². The molecule has 2 saturated heterocycles. The number of alkyl carbamates (subject to hydrolysis) is 2. The van der Waals surface area contributed by atoms with Crippen molar-refractivity contribution in [2.75, 3.05) is 51.3 Å². The lowest BCUT2D eigenvalue weighted by Crippen LogP contribution is -2.49. The minimum atomic E-state index is -0.663. The maximum Gasteiger partial charge on any atom is 0.407 e. The van der Waals surface area contributed by atoms with Crippen LogP contribution in [0.1, 0.15) is 140 Å². The summed E-state index contributed by atoms with van der Waals surface area (Å²) >= 11 is 3.31. The van der Waals surface area contributed by atoms with Gasteiger partial charge in [-0.1, -0.05) is 68.7 Å². The number of hydrogen-bond acceptors (Lipinski definition) is 10. The van der Waals surface area contributed by atoms with E-state index in [9.17, 15) is 19.2 Å². The molecular weight excluding hydrogens is 993 g/mol. The SMILES string of the molecule is C/C=C1\C=C(\c2ccc3nc([C@@H]4C5CCCC5CN4C(=O)[C@H](CCSC)NC(=O)OC)[nH]c3c2)[C@H](C)CC[C@@H](C)/C=C\C(=C(/C)c2ccc3nc([C@@H]4C5CCCC5CN4C(=O)[C@H](CCSC)NC(=O)OC)[nH]c3c2)CC1. The molecule has 4 amide bonds. The minimum absolute atomic E-state index is 0.0658. The van der Waals surface area contributed by atoms with Crippen LogP contribution in [0, 0.1) is 35.5 Å². The fourth-order valence-corrected chi connectivity index (χ4v) is 14.2. The molecule has 2 aliphatic heterocycles. The largest absolute Gasteiger partial charge is 0.453 e. The maximum absolute atomic E-state index is 14.4.